The van der Waals surface area contributed by atoms with Crippen molar-refractivity contribution in [2.24, 2.45) is 5.92 Å². The Hall–Kier alpha value is 2.36. The Bertz CT molecular complexity index is 302. The van der Waals surface area contributed by atoms with E-state index in [4.69, 9.17) is 4.74 Å². The minimum atomic E-state index is 0.301. The minimum absolute atomic E-state index is 0.301. The van der Waals surface area contributed by atoms with Gasteiger partial charge in [-0.2, -0.15) is 0 Å². The van der Waals surface area contributed by atoms with E-state index in [1.807, 2.05) is 0 Å². The van der Waals surface area contributed by atoms with Crippen molar-refractivity contribution in [3.63, 3.8) is 0 Å². The first-order valence-electron chi connectivity index (χ1n) is 8.13. The maximum Gasteiger partial charge on any atom is 0.0700 e. The second-order valence-corrected chi connectivity index (χ2v) is 12.5. The van der Waals surface area contributed by atoms with Gasteiger partial charge in [-0.05, 0) is 44.4 Å². The van der Waals surface area contributed by atoms with Crippen molar-refractivity contribution in [1.29, 1.82) is 0 Å². The van der Waals surface area contributed by atoms with Crippen LogP contribution in [0.5, 0.6) is 0 Å². The van der Waals surface area contributed by atoms with E-state index >= 15 is 0 Å². The van der Waals surface area contributed by atoms with E-state index in [1.54, 1.807) is 0 Å². The van der Waals surface area contributed by atoms with Crippen LogP contribution < -0.4 is 0 Å². The summed E-state index contributed by atoms with van der Waals surface area (Å²) in [5, 5.41) is 0. The highest BCUT2D eigenvalue weighted by Gasteiger charge is 2.27. The molecule has 0 radical (unpaired) electrons. The van der Waals surface area contributed by atoms with Gasteiger partial charge in [0.15, 0.2) is 0 Å². The normalized spacial score (nSPS) is 39.3. The number of rotatable bonds is 3. The molecular formula is C16H27Br5O. The fraction of sp³-hybridized carbons (Fsp3) is 1.00. The molecule has 6 heteroatoms. The fourth-order valence-corrected chi connectivity index (χ4v) is 5.35. The summed E-state index contributed by atoms with van der Waals surface area (Å²) in [5.74, 6) is 0.584. The molecule has 0 heterocycles. The molecule has 0 amide bonds. The van der Waals surface area contributed by atoms with Gasteiger partial charge >= 0.3 is 0 Å². The van der Waals surface area contributed by atoms with Crippen molar-refractivity contribution in [3.05, 3.63) is 0 Å². The van der Waals surface area contributed by atoms with Gasteiger partial charge in [0.05, 0.1) is 6.10 Å². The Balaban J connectivity index is 2.69. The molecule has 1 nitrogen and oxygen atoms in total. The van der Waals surface area contributed by atoms with Crippen LogP contribution in [0, 0.1) is 5.92 Å². The van der Waals surface area contributed by atoms with Crippen molar-refractivity contribution < 1.29 is 4.74 Å². The van der Waals surface area contributed by atoms with Crippen LogP contribution in [-0.4, -0.2) is 36.8 Å². The van der Waals surface area contributed by atoms with Crippen LogP contribution in [0.1, 0.15) is 52.4 Å². The lowest BCUT2D eigenvalue weighted by Crippen LogP contribution is -2.30. The van der Waals surface area contributed by atoms with E-state index in [0.717, 1.165) is 32.3 Å². The predicted octanol–water partition coefficient (Wildman–Crippen LogP) is 7.20. The topological polar surface area (TPSA) is 9.23 Å². The standard InChI is InChI=1S/C16H27Br5O/c1-10(2)9-22-16-8-7-14(20)12(18)4-3-11(17)13(19)5-6-15(16)21/h10-16H,3-9H2,1-2H3/t11-,12-,13+,14+,15+,16?/m0/s1. The lowest BCUT2D eigenvalue weighted by molar-refractivity contribution is 0.0278. The monoisotopic (exact) mass is 630 g/mol. The summed E-state index contributed by atoms with van der Waals surface area (Å²) in [6, 6.07) is 0. The molecule has 22 heavy (non-hydrogen) atoms. The van der Waals surface area contributed by atoms with Crippen LogP contribution in [0.3, 0.4) is 0 Å². The summed E-state index contributed by atoms with van der Waals surface area (Å²) in [6.45, 7) is 5.27. The zero-order valence-corrected chi connectivity index (χ0v) is 21.2. The minimum Gasteiger partial charge on any atom is -0.377 e. The van der Waals surface area contributed by atoms with Gasteiger partial charge in [-0.1, -0.05) is 93.5 Å². The summed E-state index contributed by atoms with van der Waals surface area (Å²) in [6.07, 6.45) is 7.23. The summed E-state index contributed by atoms with van der Waals surface area (Å²) >= 11 is 19.3. The Kier molecular flexibility index (Phi) is 12.1. The van der Waals surface area contributed by atoms with Crippen molar-refractivity contribution in [3.8, 4) is 0 Å². The Morgan fingerprint density at radius 1 is 0.682 bits per heavy atom. The molecule has 1 saturated carbocycles. The van der Waals surface area contributed by atoms with Gasteiger partial charge < -0.3 is 4.74 Å². The van der Waals surface area contributed by atoms with Crippen molar-refractivity contribution in [2.45, 2.75) is 82.6 Å². The summed E-state index contributed by atoms with van der Waals surface area (Å²) in [4.78, 5) is 2.50. The van der Waals surface area contributed by atoms with E-state index in [1.165, 1.54) is 12.8 Å². The molecule has 1 rings (SSSR count). The zero-order valence-electron chi connectivity index (χ0n) is 13.3. The van der Waals surface area contributed by atoms with E-state index < -0.39 is 0 Å². The third kappa shape index (κ3) is 8.64. The average Bonchev–Trinajstić information content (AvgIpc) is 2.47. The first-order valence-corrected chi connectivity index (χ1v) is 12.7. The van der Waals surface area contributed by atoms with Gasteiger partial charge in [-0.3, -0.25) is 0 Å². The second kappa shape index (κ2) is 11.9. The molecule has 0 aromatic carbocycles. The predicted molar refractivity (Wildman–Crippen MR) is 116 cm³/mol. The first kappa shape index (κ1) is 22.4. The molecule has 0 aliphatic heterocycles. The number of hydrogen-bond donors (Lipinski definition) is 0. The Morgan fingerprint density at radius 3 is 1.45 bits per heavy atom. The molecule has 6 atom stereocenters. The SMILES string of the molecule is CC(C)COC1CC[C@@H](Br)[C@@H](Br)CC[C@H](Br)[C@H](Br)CC[C@H]1Br. The molecule has 0 aromatic rings. The first-order chi connectivity index (χ1) is 10.3. The number of halogens is 5. The highest BCUT2D eigenvalue weighted by Crippen LogP contribution is 2.33. The largest absolute Gasteiger partial charge is 0.377 e. The Labute approximate surface area is 178 Å². The van der Waals surface area contributed by atoms with Gasteiger partial charge in [-0.15, -0.1) is 0 Å². The Morgan fingerprint density at radius 2 is 1.05 bits per heavy atom. The van der Waals surface area contributed by atoms with E-state index in [0.29, 0.717) is 36.2 Å². The van der Waals surface area contributed by atoms with Gasteiger partial charge in [-0.25, -0.2) is 0 Å². The molecule has 132 valence electrons. The molecule has 0 aromatic heterocycles. The lowest BCUT2D eigenvalue weighted by Gasteiger charge is -2.29. The van der Waals surface area contributed by atoms with Gasteiger partial charge in [0, 0.05) is 30.7 Å². The molecule has 0 N–H and O–H groups in total. The number of hydrogen-bond acceptors (Lipinski definition) is 1. The van der Waals surface area contributed by atoms with Gasteiger partial charge in [0.2, 0.25) is 0 Å². The van der Waals surface area contributed by atoms with Gasteiger partial charge in [0.1, 0.15) is 0 Å². The van der Waals surface area contributed by atoms with E-state index in [2.05, 4.69) is 93.5 Å². The molecule has 1 aliphatic rings. The fourth-order valence-electron chi connectivity index (χ4n) is 2.55. The highest BCUT2D eigenvalue weighted by atomic mass is 79.9. The van der Waals surface area contributed by atoms with Crippen LogP contribution in [0.25, 0.3) is 0 Å². The molecule has 0 bridgehead atoms. The van der Waals surface area contributed by atoms with E-state index in [9.17, 15) is 0 Å². The summed E-state index contributed by atoms with van der Waals surface area (Å²) < 4.78 is 6.20. The van der Waals surface area contributed by atoms with Crippen LogP contribution in [0.4, 0.5) is 0 Å². The van der Waals surface area contributed by atoms with Crippen LogP contribution in [0.2, 0.25) is 0 Å². The molecule has 0 saturated heterocycles. The third-order valence-electron chi connectivity index (χ3n) is 4.00. The lowest BCUT2D eigenvalue weighted by atomic mass is 9.99. The quantitative estimate of drug-likeness (QED) is 0.299. The van der Waals surface area contributed by atoms with E-state index in [-0.39, 0.29) is 0 Å². The molecule has 0 spiro atoms. The van der Waals surface area contributed by atoms with Crippen LogP contribution in [0.15, 0.2) is 0 Å². The van der Waals surface area contributed by atoms with Crippen molar-refractivity contribution >= 4 is 79.6 Å². The van der Waals surface area contributed by atoms with Crippen molar-refractivity contribution in [1.82, 2.24) is 0 Å². The van der Waals surface area contributed by atoms with Gasteiger partial charge in [0.25, 0.3) is 0 Å². The highest BCUT2D eigenvalue weighted by molar-refractivity contribution is 9.12. The molecule has 1 aliphatic carbocycles. The molecule has 1 unspecified atom stereocenters. The van der Waals surface area contributed by atoms with Crippen LogP contribution in [-0.2, 0) is 4.74 Å². The van der Waals surface area contributed by atoms with Crippen molar-refractivity contribution in [2.75, 3.05) is 6.61 Å². The summed E-state index contributed by atoms with van der Waals surface area (Å²) in [5.41, 5.74) is 0. The number of ether oxygens (including phenoxy) is 1. The van der Waals surface area contributed by atoms with Crippen LogP contribution >= 0.6 is 79.6 Å². The number of alkyl halides is 5. The maximum absolute atomic E-state index is 6.20. The summed E-state index contributed by atoms with van der Waals surface area (Å²) in [7, 11) is 0. The maximum atomic E-state index is 6.20. The molecular weight excluding hydrogens is 608 g/mol. The molecule has 1 fully saturated rings. The third-order valence-corrected chi connectivity index (χ3v) is 10.8. The average molecular weight is 635 g/mol. The second-order valence-electron chi connectivity index (χ2n) is 6.58. The zero-order chi connectivity index (χ0) is 16.7. The smallest absolute Gasteiger partial charge is 0.0700 e.